The number of anilines is 1. The second-order valence-corrected chi connectivity index (χ2v) is 8.34. The van der Waals surface area contributed by atoms with Gasteiger partial charge in [0.25, 0.3) is 5.91 Å². The van der Waals surface area contributed by atoms with Crippen molar-refractivity contribution < 1.29 is 14.1 Å². The van der Waals surface area contributed by atoms with E-state index in [1.165, 1.54) is 0 Å². The molecule has 5 nitrogen and oxygen atoms in total. The zero-order valence-electron chi connectivity index (χ0n) is 16.5. The molecule has 0 spiro atoms. The molecule has 0 radical (unpaired) electrons. The Bertz CT molecular complexity index is 1300. The van der Waals surface area contributed by atoms with Crippen LogP contribution in [0.1, 0.15) is 16.1 Å². The van der Waals surface area contributed by atoms with Crippen molar-refractivity contribution in [1.29, 1.82) is 0 Å². The quantitative estimate of drug-likeness (QED) is 0.295. The number of carbonyl (C=O) groups excluding carboxylic acids is 1. The molecule has 32 heavy (non-hydrogen) atoms. The number of amides is 1. The number of hydrogen-bond acceptors (Lipinski definition) is 4. The monoisotopic (exact) mass is 506 g/mol. The van der Waals surface area contributed by atoms with Gasteiger partial charge in [-0.25, -0.2) is 0 Å². The van der Waals surface area contributed by atoms with Crippen LogP contribution < -0.4 is 10.1 Å². The number of halogens is 4. The Hall–Kier alpha value is -2.70. The van der Waals surface area contributed by atoms with Crippen molar-refractivity contribution >= 4 is 58.0 Å². The number of rotatable bonds is 5. The maximum Gasteiger partial charge on any atom is 0.261 e. The van der Waals surface area contributed by atoms with Gasteiger partial charge in [-0.1, -0.05) is 69.8 Å². The summed E-state index contributed by atoms with van der Waals surface area (Å²) in [5.74, 6) is 0.625. The fourth-order valence-electron chi connectivity index (χ4n) is 3.05. The van der Waals surface area contributed by atoms with Gasteiger partial charge < -0.3 is 14.6 Å². The van der Waals surface area contributed by atoms with E-state index in [0.717, 1.165) is 0 Å². The van der Waals surface area contributed by atoms with Gasteiger partial charge in [0, 0.05) is 10.6 Å². The van der Waals surface area contributed by atoms with Crippen molar-refractivity contribution in [2.24, 2.45) is 0 Å². The average Bonchev–Trinajstić information content (AvgIpc) is 3.12. The molecular weight excluding hydrogens is 494 g/mol. The molecule has 0 bridgehead atoms. The molecule has 1 heterocycles. The number of aryl methyl sites for hydroxylation is 1. The number of nitrogens with zero attached hydrogens (tertiary/aromatic N) is 1. The highest BCUT2D eigenvalue weighted by Crippen LogP contribution is 2.38. The fraction of sp³-hybridized carbons (Fsp3) is 0.0435. The van der Waals surface area contributed by atoms with E-state index >= 15 is 0 Å². The first-order valence-electron chi connectivity index (χ1n) is 9.29. The maximum absolute atomic E-state index is 13.2. The Balaban J connectivity index is 1.68. The first kappa shape index (κ1) is 22.5. The van der Waals surface area contributed by atoms with E-state index in [4.69, 9.17) is 55.7 Å². The molecule has 0 aliphatic rings. The Morgan fingerprint density at radius 1 is 0.906 bits per heavy atom. The molecule has 9 heteroatoms. The molecule has 162 valence electrons. The third kappa shape index (κ3) is 4.57. The molecule has 0 aliphatic carbocycles. The first-order chi connectivity index (χ1) is 15.3. The van der Waals surface area contributed by atoms with Crippen molar-refractivity contribution in [2.75, 3.05) is 5.32 Å². The van der Waals surface area contributed by atoms with Crippen LogP contribution in [0.3, 0.4) is 0 Å². The van der Waals surface area contributed by atoms with E-state index in [9.17, 15) is 4.79 Å². The summed E-state index contributed by atoms with van der Waals surface area (Å²) in [5, 5.41) is 8.37. The Labute approximate surface area is 203 Å². The molecule has 1 amide bonds. The van der Waals surface area contributed by atoms with E-state index in [0.29, 0.717) is 48.6 Å². The van der Waals surface area contributed by atoms with Gasteiger partial charge in [-0.2, -0.15) is 0 Å². The van der Waals surface area contributed by atoms with Crippen LogP contribution in [0.15, 0.2) is 65.2 Å². The highest BCUT2D eigenvalue weighted by Gasteiger charge is 2.25. The zero-order chi connectivity index (χ0) is 22.8. The van der Waals surface area contributed by atoms with E-state index in [2.05, 4.69) is 10.5 Å². The average molecular weight is 508 g/mol. The molecule has 0 aliphatic heterocycles. The van der Waals surface area contributed by atoms with Gasteiger partial charge in [-0.05, 0) is 49.4 Å². The molecule has 0 atom stereocenters. The summed E-state index contributed by atoms with van der Waals surface area (Å²) in [6.07, 6.45) is 0. The van der Waals surface area contributed by atoms with E-state index in [1.807, 2.05) is 0 Å². The zero-order valence-corrected chi connectivity index (χ0v) is 19.5. The number of carbonyl (C=O) groups is 1. The summed E-state index contributed by atoms with van der Waals surface area (Å²) < 4.78 is 11.2. The third-order valence-electron chi connectivity index (χ3n) is 4.54. The van der Waals surface area contributed by atoms with Crippen molar-refractivity contribution in [1.82, 2.24) is 5.16 Å². The minimum Gasteiger partial charge on any atom is -0.454 e. The fourth-order valence-corrected chi connectivity index (χ4v) is 4.08. The SMILES string of the molecule is Cc1onc(-c2c(Cl)cccc2Cl)c1C(=O)Nc1ccccc1Oc1ccc(Cl)cc1Cl. The summed E-state index contributed by atoms with van der Waals surface area (Å²) in [6.45, 7) is 1.63. The van der Waals surface area contributed by atoms with Crippen LogP contribution >= 0.6 is 46.4 Å². The van der Waals surface area contributed by atoms with Crippen molar-refractivity contribution in [3.63, 3.8) is 0 Å². The summed E-state index contributed by atoms with van der Waals surface area (Å²) in [4.78, 5) is 13.2. The summed E-state index contributed by atoms with van der Waals surface area (Å²) in [7, 11) is 0. The molecule has 4 rings (SSSR count). The van der Waals surface area contributed by atoms with Crippen LogP contribution in [0.4, 0.5) is 5.69 Å². The molecule has 4 aromatic rings. The summed E-state index contributed by atoms with van der Waals surface area (Å²) in [5.41, 5.74) is 1.28. The first-order valence-corrected chi connectivity index (χ1v) is 10.8. The number of aromatic nitrogens is 1. The van der Waals surface area contributed by atoms with Crippen LogP contribution in [0.2, 0.25) is 20.1 Å². The molecule has 3 aromatic carbocycles. The van der Waals surface area contributed by atoms with Gasteiger partial charge in [-0.15, -0.1) is 0 Å². The number of nitrogens with one attached hydrogen (secondary N) is 1. The maximum atomic E-state index is 13.2. The largest absolute Gasteiger partial charge is 0.454 e. The topological polar surface area (TPSA) is 64.4 Å². The van der Waals surface area contributed by atoms with Crippen LogP contribution in [-0.4, -0.2) is 11.1 Å². The predicted molar refractivity (Wildman–Crippen MR) is 128 cm³/mol. The van der Waals surface area contributed by atoms with Gasteiger partial charge in [0.15, 0.2) is 5.75 Å². The van der Waals surface area contributed by atoms with E-state index in [1.54, 1.807) is 67.6 Å². The Kier molecular flexibility index (Phi) is 6.63. The molecule has 0 saturated carbocycles. The molecule has 1 N–H and O–H groups in total. The predicted octanol–water partition coefficient (Wildman–Crippen LogP) is 8.31. The molecule has 0 unspecified atom stereocenters. The molecule has 0 saturated heterocycles. The van der Waals surface area contributed by atoms with Gasteiger partial charge in [0.1, 0.15) is 22.8 Å². The van der Waals surface area contributed by atoms with Crippen molar-refractivity contribution in [2.45, 2.75) is 6.92 Å². The lowest BCUT2D eigenvalue weighted by molar-refractivity contribution is 0.102. The van der Waals surface area contributed by atoms with Crippen LogP contribution in [0.25, 0.3) is 11.3 Å². The smallest absolute Gasteiger partial charge is 0.261 e. The molecule has 1 aromatic heterocycles. The third-order valence-corrected chi connectivity index (χ3v) is 5.70. The number of benzene rings is 3. The molecule has 0 fully saturated rings. The van der Waals surface area contributed by atoms with E-state index in [-0.39, 0.29) is 11.3 Å². The minimum absolute atomic E-state index is 0.208. The van der Waals surface area contributed by atoms with E-state index < -0.39 is 5.91 Å². The lowest BCUT2D eigenvalue weighted by atomic mass is 10.1. The highest BCUT2D eigenvalue weighted by atomic mass is 35.5. The Morgan fingerprint density at radius 3 is 2.34 bits per heavy atom. The normalized spacial score (nSPS) is 10.8. The lowest BCUT2D eigenvalue weighted by Crippen LogP contribution is -2.14. The van der Waals surface area contributed by atoms with Gasteiger partial charge in [0.05, 0.1) is 20.8 Å². The number of para-hydroxylation sites is 2. The van der Waals surface area contributed by atoms with Crippen molar-refractivity contribution in [3.8, 4) is 22.8 Å². The highest BCUT2D eigenvalue weighted by molar-refractivity contribution is 6.39. The lowest BCUT2D eigenvalue weighted by Gasteiger charge is -2.13. The second-order valence-electron chi connectivity index (χ2n) is 6.69. The summed E-state index contributed by atoms with van der Waals surface area (Å²) >= 11 is 24.8. The number of ether oxygens (including phenoxy) is 1. The second kappa shape index (κ2) is 9.43. The molecular formula is C23H14Cl4N2O3. The standard InChI is InChI=1S/C23H14Cl4N2O3/c1-12-20(22(29-32-12)21-14(25)5-4-6-15(21)26)23(30)28-17-7-2-3-8-19(17)31-18-10-9-13(24)11-16(18)27/h2-11H,1H3,(H,28,30). The van der Waals surface area contributed by atoms with Crippen LogP contribution in [-0.2, 0) is 0 Å². The summed E-state index contributed by atoms with van der Waals surface area (Å²) in [6, 6.07) is 16.8. The van der Waals surface area contributed by atoms with Crippen molar-refractivity contribution in [3.05, 3.63) is 92.1 Å². The van der Waals surface area contributed by atoms with Gasteiger partial charge in [0.2, 0.25) is 0 Å². The van der Waals surface area contributed by atoms with Gasteiger partial charge in [-0.3, -0.25) is 4.79 Å². The van der Waals surface area contributed by atoms with Crippen LogP contribution in [0, 0.1) is 6.92 Å². The van der Waals surface area contributed by atoms with Gasteiger partial charge >= 0.3 is 0 Å². The number of hydrogen-bond donors (Lipinski definition) is 1. The minimum atomic E-state index is -0.465. The van der Waals surface area contributed by atoms with Crippen LogP contribution in [0.5, 0.6) is 11.5 Å². The Morgan fingerprint density at radius 2 is 1.62 bits per heavy atom.